The van der Waals surface area contributed by atoms with Crippen molar-refractivity contribution in [1.29, 1.82) is 0 Å². The molecule has 0 radical (unpaired) electrons. The molecule has 2 aromatic rings. The zero-order valence-electron chi connectivity index (χ0n) is 14.6. The summed E-state index contributed by atoms with van der Waals surface area (Å²) in [6.45, 7) is 0.644. The predicted molar refractivity (Wildman–Crippen MR) is 106 cm³/mol. The molecule has 0 saturated carbocycles. The number of carbonyl (C=O) groups excluding carboxylic acids is 1. The van der Waals surface area contributed by atoms with Gasteiger partial charge in [0.05, 0.1) is 4.90 Å². The Bertz CT molecular complexity index is 900. The smallest absolute Gasteiger partial charge is 0.244 e. The minimum Gasteiger partial charge on any atom is -0.355 e. The zero-order chi connectivity index (χ0) is 19.4. The molecule has 1 aliphatic rings. The molecule has 0 bridgehead atoms. The van der Waals surface area contributed by atoms with Gasteiger partial charge >= 0.3 is 0 Å². The highest BCUT2D eigenvalue weighted by atomic mass is 35.5. The van der Waals surface area contributed by atoms with Gasteiger partial charge in [0.25, 0.3) is 0 Å². The maximum absolute atomic E-state index is 13.3. The van der Waals surface area contributed by atoms with Crippen molar-refractivity contribution in [3.05, 3.63) is 64.1 Å². The van der Waals surface area contributed by atoms with E-state index in [-0.39, 0.29) is 17.3 Å². The molecular formula is C19H20Cl2N2O3S. The Hall–Kier alpha value is -1.60. The molecule has 144 valence electrons. The van der Waals surface area contributed by atoms with Crippen LogP contribution in [0.25, 0.3) is 0 Å². The van der Waals surface area contributed by atoms with E-state index in [0.717, 1.165) is 18.4 Å². The van der Waals surface area contributed by atoms with Crippen LogP contribution in [0.4, 0.5) is 0 Å². The molecule has 27 heavy (non-hydrogen) atoms. The first-order valence-corrected chi connectivity index (χ1v) is 10.9. The molecule has 1 amide bonds. The lowest BCUT2D eigenvalue weighted by atomic mass is 10.1. The fraction of sp³-hybridized carbons (Fsp3) is 0.316. The monoisotopic (exact) mass is 426 g/mol. The van der Waals surface area contributed by atoms with Crippen LogP contribution >= 0.6 is 23.2 Å². The molecule has 8 heteroatoms. The molecule has 0 aromatic heterocycles. The molecule has 3 rings (SSSR count). The van der Waals surface area contributed by atoms with Crippen molar-refractivity contribution in [2.45, 2.75) is 36.7 Å². The van der Waals surface area contributed by atoms with E-state index in [1.165, 1.54) is 28.6 Å². The molecule has 0 spiro atoms. The molecule has 1 heterocycles. The average molecular weight is 427 g/mol. The summed E-state index contributed by atoms with van der Waals surface area (Å²) in [6, 6.07) is 12.2. The molecule has 0 unspecified atom stereocenters. The van der Waals surface area contributed by atoms with Crippen molar-refractivity contribution in [1.82, 2.24) is 9.62 Å². The van der Waals surface area contributed by atoms with Gasteiger partial charge in [0, 0.05) is 23.1 Å². The second-order valence-electron chi connectivity index (χ2n) is 6.43. The number of nitrogens with zero attached hydrogens (tertiary/aromatic N) is 1. The Morgan fingerprint density at radius 1 is 0.963 bits per heavy atom. The van der Waals surface area contributed by atoms with Gasteiger partial charge in [-0.2, -0.15) is 4.31 Å². The van der Waals surface area contributed by atoms with Crippen LogP contribution in [0.15, 0.2) is 53.4 Å². The van der Waals surface area contributed by atoms with Crippen LogP contribution in [-0.2, 0) is 21.4 Å². The SMILES string of the molecule is O=C1NCCCC[C@H]1N(Cc1ccc(Cl)cc1)S(=O)(=O)c1ccc(Cl)cc1. The fourth-order valence-corrected chi connectivity index (χ4v) is 4.93. The lowest BCUT2D eigenvalue weighted by molar-refractivity contribution is -0.124. The second kappa shape index (κ2) is 8.61. The first-order chi connectivity index (χ1) is 12.9. The Morgan fingerprint density at radius 2 is 1.56 bits per heavy atom. The molecular weight excluding hydrogens is 407 g/mol. The highest BCUT2D eigenvalue weighted by Gasteiger charge is 2.36. The summed E-state index contributed by atoms with van der Waals surface area (Å²) in [5.41, 5.74) is 0.758. The van der Waals surface area contributed by atoms with Gasteiger partial charge in [-0.15, -0.1) is 0 Å². The average Bonchev–Trinajstić information content (AvgIpc) is 2.86. The van der Waals surface area contributed by atoms with Gasteiger partial charge in [-0.05, 0) is 61.2 Å². The molecule has 2 aromatic carbocycles. The maximum atomic E-state index is 13.3. The predicted octanol–water partition coefficient (Wildman–Crippen LogP) is 3.85. The summed E-state index contributed by atoms with van der Waals surface area (Å²) in [4.78, 5) is 12.7. The number of amides is 1. The molecule has 1 atom stereocenters. The molecule has 1 fully saturated rings. The highest BCUT2D eigenvalue weighted by molar-refractivity contribution is 7.89. The topological polar surface area (TPSA) is 66.5 Å². The first kappa shape index (κ1) is 20.1. The van der Waals surface area contributed by atoms with Gasteiger partial charge in [0.1, 0.15) is 6.04 Å². The number of hydrogen-bond acceptors (Lipinski definition) is 3. The summed E-state index contributed by atoms with van der Waals surface area (Å²) in [5, 5.41) is 3.83. The van der Waals surface area contributed by atoms with Crippen molar-refractivity contribution in [3.63, 3.8) is 0 Å². The molecule has 5 nitrogen and oxygen atoms in total. The van der Waals surface area contributed by atoms with Crippen LogP contribution in [0, 0.1) is 0 Å². The lowest BCUT2D eigenvalue weighted by Gasteiger charge is -2.29. The van der Waals surface area contributed by atoms with Gasteiger partial charge in [-0.25, -0.2) is 8.42 Å². The normalized spacial score (nSPS) is 18.2. The van der Waals surface area contributed by atoms with Crippen molar-refractivity contribution in [2.24, 2.45) is 0 Å². The number of benzene rings is 2. The van der Waals surface area contributed by atoms with E-state index in [1.807, 2.05) is 0 Å². The van der Waals surface area contributed by atoms with E-state index in [0.29, 0.717) is 23.0 Å². The number of hydrogen-bond donors (Lipinski definition) is 1. The Balaban J connectivity index is 2.01. The molecule has 1 aliphatic heterocycles. The third-order valence-electron chi connectivity index (χ3n) is 4.53. The third kappa shape index (κ3) is 4.82. The largest absolute Gasteiger partial charge is 0.355 e. The Morgan fingerprint density at radius 3 is 2.19 bits per heavy atom. The van der Waals surface area contributed by atoms with Gasteiger partial charge in [0.2, 0.25) is 15.9 Å². The number of halogens is 2. The van der Waals surface area contributed by atoms with Crippen LogP contribution in [0.5, 0.6) is 0 Å². The standard InChI is InChI=1S/C19H20Cl2N2O3S/c20-15-6-4-14(5-7-15)13-23(18-3-1-2-12-22-19(18)24)27(25,26)17-10-8-16(21)9-11-17/h4-11,18H,1-3,12-13H2,(H,22,24)/t18-/m1/s1. The minimum atomic E-state index is -3.89. The summed E-state index contributed by atoms with van der Waals surface area (Å²) in [5.74, 6) is -0.265. The first-order valence-electron chi connectivity index (χ1n) is 8.67. The van der Waals surface area contributed by atoms with Crippen molar-refractivity contribution < 1.29 is 13.2 Å². The zero-order valence-corrected chi connectivity index (χ0v) is 16.9. The van der Waals surface area contributed by atoms with Gasteiger partial charge in [0.15, 0.2) is 0 Å². The highest BCUT2D eigenvalue weighted by Crippen LogP contribution is 2.26. The number of sulfonamides is 1. The summed E-state index contributed by atoms with van der Waals surface area (Å²) in [7, 11) is -3.89. The number of rotatable bonds is 5. The van der Waals surface area contributed by atoms with Crippen LogP contribution in [-0.4, -0.2) is 31.2 Å². The third-order valence-corrected chi connectivity index (χ3v) is 6.90. The van der Waals surface area contributed by atoms with Crippen LogP contribution in [0.2, 0.25) is 10.0 Å². The van der Waals surface area contributed by atoms with E-state index in [4.69, 9.17) is 23.2 Å². The van der Waals surface area contributed by atoms with E-state index >= 15 is 0 Å². The van der Waals surface area contributed by atoms with Crippen molar-refractivity contribution in [2.75, 3.05) is 6.54 Å². The lowest BCUT2D eigenvalue weighted by Crippen LogP contribution is -2.48. The van der Waals surface area contributed by atoms with E-state index in [1.54, 1.807) is 24.3 Å². The second-order valence-corrected chi connectivity index (χ2v) is 9.20. The van der Waals surface area contributed by atoms with Gasteiger partial charge < -0.3 is 5.32 Å². The van der Waals surface area contributed by atoms with E-state index in [9.17, 15) is 13.2 Å². The van der Waals surface area contributed by atoms with Crippen LogP contribution in [0.3, 0.4) is 0 Å². The van der Waals surface area contributed by atoms with E-state index in [2.05, 4.69) is 5.32 Å². The number of nitrogens with one attached hydrogen (secondary N) is 1. The van der Waals surface area contributed by atoms with Crippen LogP contribution < -0.4 is 5.32 Å². The Kier molecular flexibility index (Phi) is 6.42. The van der Waals surface area contributed by atoms with Gasteiger partial charge in [-0.3, -0.25) is 4.79 Å². The summed E-state index contributed by atoms with van der Waals surface area (Å²) in [6.07, 6.45) is 2.08. The van der Waals surface area contributed by atoms with E-state index < -0.39 is 16.1 Å². The van der Waals surface area contributed by atoms with Crippen LogP contribution in [0.1, 0.15) is 24.8 Å². The van der Waals surface area contributed by atoms with Gasteiger partial charge in [-0.1, -0.05) is 35.3 Å². The van der Waals surface area contributed by atoms with Crippen molar-refractivity contribution in [3.8, 4) is 0 Å². The summed E-state index contributed by atoms with van der Waals surface area (Å²) >= 11 is 11.8. The molecule has 0 aliphatic carbocycles. The fourth-order valence-electron chi connectivity index (χ4n) is 3.07. The quantitative estimate of drug-likeness (QED) is 0.788. The minimum absolute atomic E-state index is 0.0835. The number of carbonyl (C=O) groups is 1. The van der Waals surface area contributed by atoms with Crippen molar-refractivity contribution >= 4 is 39.1 Å². The maximum Gasteiger partial charge on any atom is 0.244 e. The molecule has 1 N–H and O–H groups in total. The Labute approximate surface area is 169 Å². The molecule has 1 saturated heterocycles. The summed E-state index contributed by atoms with van der Waals surface area (Å²) < 4.78 is 28.0.